The van der Waals surface area contributed by atoms with Gasteiger partial charge in [0.05, 0.1) is 6.21 Å². The van der Waals surface area contributed by atoms with Gasteiger partial charge in [0.25, 0.3) is 0 Å². The number of benzene rings is 2. The first-order valence-corrected chi connectivity index (χ1v) is 8.99. The van der Waals surface area contributed by atoms with Gasteiger partial charge in [-0.15, -0.1) is 0 Å². The molecule has 0 aliphatic rings. The van der Waals surface area contributed by atoms with E-state index in [9.17, 15) is 0 Å². The van der Waals surface area contributed by atoms with Crippen LogP contribution in [0.4, 0.5) is 0 Å². The van der Waals surface area contributed by atoms with Crippen LogP contribution >= 0.6 is 23.4 Å². The van der Waals surface area contributed by atoms with Crippen molar-refractivity contribution in [1.29, 1.82) is 0 Å². The Hall–Kier alpha value is -2.30. The monoisotopic (exact) mass is 368 g/mol. The Balaban J connectivity index is 1.63. The normalized spacial score (nSPS) is 11.0. The molecule has 0 saturated heterocycles. The third-order valence-corrected chi connectivity index (χ3v) is 4.74. The second kappa shape index (κ2) is 8.70. The van der Waals surface area contributed by atoms with E-state index in [4.69, 9.17) is 16.4 Å². The largest absolute Gasteiger partial charge is 0.391 e. The third kappa shape index (κ3) is 5.34. The number of aromatic nitrogens is 1. The van der Waals surface area contributed by atoms with E-state index >= 15 is 0 Å². The van der Waals surface area contributed by atoms with Crippen LogP contribution in [0, 0.1) is 6.92 Å². The zero-order chi connectivity index (χ0) is 17.5. The minimum atomic E-state index is 0.441. The summed E-state index contributed by atoms with van der Waals surface area (Å²) in [6.45, 7) is 2.50. The second-order valence-electron chi connectivity index (χ2n) is 5.45. The van der Waals surface area contributed by atoms with Crippen molar-refractivity contribution in [2.45, 2.75) is 23.5 Å². The SMILES string of the molecule is Cc1ccc(CO/N=C\c2cccnc2Sc2ccc(Cl)cc2)cc1. The fourth-order valence-electron chi connectivity index (χ4n) is 2.09. The van der Waals surface area contributed by atoms with Crippen LogP contribution < -0.4 is 0 Å². The number of hydrogen-bond acceptors (Lipinski definition) is 4. The first kappa shape index (κ1) is 17.5. The average molecular weight is 369 g/mol. The van der Waals surface area contributed by atoms with Gasteiger partial charge in [-0.25, -0.2) is 4.98 Å². The topological polar surface area (TPSA) is 34.5 Å². The Morgan fingerprint density at radius 3 is 2.60 bits per heavy atom. The molecule has 25 heavy (non-hydrogen) atoms. The van der Waals surface area contributed by atoms with Crippen LogP contribution in [-0.2, 0) is 11.4 Å². The van der Waals surface area contributed by atoms with Gasteiger partial charge < -0.3 is 4.84 Å². The number of aryl methyl sites for hydroxylation is 1. The van der Waals surface area contributed by atoms with Crippen LogP contribution in [0.15, 0.2) is 81.9 Å². The summed E-state index contributed by atoms with van der Waals surface area (Å²) < 4.78 is 0. The Morgan fingerprint density at radius 2 is 1.84 bits per heavy atom. The van der Waals surface area contributed by atoms with Crippen molar-refractivity contribution in [2.24, 2.45) is 5.16 Å². The van der Waals surface area contributed by atoms with Crippen molar-refractivity contribution >= 4 is 29.6 Å². The van der Waals surface area contributed by atoms with Gasteiger partial charge in [-0.3, -0.25) is 0 Å². The maximum Gasteiger partial charge on any atom is 0.142 e. The maximum atomic E-state index is 5.93. The molecule has 0 unspecified atom stereocenters. The lowest BCUT2D eigenvalue weighted by atomic mass is 10.2. The number of nitrogens with zero attached hydrogens (tertiary/aromatic N) is 2. The number of oxime groups is 1. The second-order valence-corrected chi connectivity index (χ2v) is 6.95. The Labute approximate surface area is 156 Å². The summed E-state index contributed by atoms with van der Waals surface area (Å²) >= 11 is 7.49. The van der Waals surface area contributed by atoms with Crippen molar-refractivity contribution in [3.05, 3.63) is 88.6 Å². The Kier molecular flexibility index (Phi) is 6.09. The smallest absolute Gasteiger partial charge is 0.142 e. The molecule has 3 aromatic rings. The van der Waals surface area contributed by atoms with Crippen LogP contribution in [0.2, 0.25) is 5.02 Å². The van der Waals surface area contributed by atoms with Crippen LogP contribution in [0.1, 0.15) is 16.7 Å². The summed E-state index contributed by atoms with van der Waals surface area (Å²) in [5.41, 5.74) is 3.22. The molecule has 0 radical (unpaired) electrons. The minimum Gasteiger partial charge on any atom is -0.391 e. The fraction of sp³-hybridized carbons (Fsp3) is 0.100. The summed E-state index contributed by atoms with van der Waals surface area (Å²) in [5.74, 6) is 0. The lowest BCUT2D eigenvalue weighted by Gasteiger charge is -2.04. The molecule has 3 nitrogen and oxygen atoms in total. The molecule has 0 saturated carbocycles. The predicted molar refractivity (Wildman–Crippen MR) is 103 cm³/mol. The van der Waals surface area contributed by atoms with E-state index in [1.165, 1.54) is 5.56 Å². The van der Waals surface area contributed by atoms with Gasteiger partial charge in [-0.1, -0.05) is 58.3 Å². The molecule has 5 heteroatoms. The molecule has 0 N–H and O–H groups in total. The molecule has 0 bridgehead atoms. The van der Waals surface area contributed by atoms with E-state index in [2.05, 4.69) is 29.2 Å². The molecular weight excluding hydrogens is 352 g/mol. The van der Waals surface area contributed by atoms with E-state index in [-0.39, 0.29) is 0 Å². The molecule has 3 rings (SSSR count). The molecule has 0 amide bonds. The summed E-state index contributed by atoms with van der Waals surface area (Å²) in [5, 5.41) is 5.66. The number of rotatable bonds is 6. The van der Waals surface area contributed by atoms with E-state index in [0.29, 0.717) is 6.61 Å². The molecule has 0 aliphatic heterocycles. The molecule has 0 aliphatic carbocycles. The number of halogens is 1. The van der Waals surface area contributed by atoms with Crippen LogP contribution in [0.25, 0.3) is 0 Å². The standard InChI is InChI=1S/C20H17ClN2OS/c1-15-4-6-16(7-5-15)14-24-23-13-17-3-2-12-22-20(17)25-19-10-8-18(21)9-11-19/h2-13H,14H2,1H3/b23-13-. The van der Waals surface area contributed by atoms with Crippen molar-refractivity contribution in [2.75, 3.05) is 0 Å². The van der Waals surface area contributed by atoms with E-state index in [1.54, 1.807) is 24.2 Å². The average Bonchev–Trinajstić information content (AvgIpc) is 2.63. The maximum absolute atomic E-state index is 5.93. The number of pyridine rings is 1. The first-order chi connectivity index (χ1) is 12.2. The Bertz CT molecular complexity index is 848. The van der Waals surface area contributed by atoms with Crippen molar-refractivity contribution < 1.29 is 4.84 Å². The van der Waals surface area contributed by atoms with Crippen molar-refractivity contribution in [3.63, 3.8) is 0 Å². The molecule has 1 aromatic heterocycles. The molecule has 0 fully saturated rings. The highest BCUT2D eigenvalue weighted by Gasteiger charge is 2.04. The first-order valence-electron chi connectivity index (χ1n) is 7.80. The zero-order valence-electron chi connectivity index (χ0n) is 13.7. The van der Waals surface area contributed by atoms with E-state index in [1.807, 2.05) is 48.5 Å². The highest BCUT2D eigenvalue weighted by molar-refractivity contribution is 7.99. The van der Waals surface area contributed by atoms with Gasteiger partial charge in [0, 0.05) is 21.7 Å². The molecule has 126 valence electrons. The van der Waals surface area contributed by atoms with Crippen LogP contribution in [-0.4, -0.2) is 11.2 Å². The van der Waals surface area contributed by atoms with Gasteiger partial charge in [-0.2, -0.15) is 0 Å². The van der Waals surface area contributed by atoms with Gasteiger partial charge in [0.1, 0.15) is 11.6 Å². The molecule has 1 heterocycles. The summed E-state index contributed by atoms with van der Waals surface area (Å²) in [7, 11) is 0. The lowest BCUT2D eigenvalue weighted by Crippen LogP contribution is -1.92. The van der Waals surface area contributed by atoms with Crippen LogP contribution in [0.3, 0.4) is 0 Å². The van der Waals surface area contributed by atoms with Gasteiger partial charge in [0.2, 0.25) is 0 Å². The summed E-state index contributed by atoms with van der Waals surface area (Å²) in [4.78, 5) is 10.9. The quantitative estimate of drug-likeness (QED) is 0.410. The minimum absolute atomic E-state index is 0.441. The van der Waals surface area contributed by atoms with Gasteiger partial charge >= 0.3 is 0 Å². The third-order valence-electron chi connectivity index (χ3n) is 3.45. The number of hydrogen-bond donors (Lipinski definition) is 0. The molecule has 0 atom stereocenters. The Morgan fingerprint density at radius 1 is 1.08 bits per heavy atom. The summed E-state index contributed by atoms with van der Waals surface area (Å²) in [6.07, 6.45) is 3.46. The highest BCUT2D eigenvalue weighted by Crippen LogP contribution is 2.28. The molecule has 0 spiro atoms. The van der Waals surface area contributed by atoms with Crippen molar-refractivity contribution in [1.82, 2.24) is 4.98 Å². The zero-order valence-corrected chi connectivity index (χ0v) is 15.3. The van der Waals surface area contributed by atoms with Crippen molar-refractivity contribution in [3.8, 4) is 0 Å². The van der Waals surface area contributed by atoms with Crippen LogP contribution in [0.5, 0.6) is 0 Å². The van der Waals surface area contributed by atoms with E-state index in [0.717, 1.165) is 26.1 Å². The molecule has 2 aromatic carbocycles. The fourth-order valence-corrected chi connectivity index (χ4v) is 3.06. The summed E-state index contributed by atoms with van der Waals surface area (Å²) in [6, 6.07) is 19.7. The van der Waals surface area contributed by atoms with Gasteiger partial charge in [-0.05, 0) is 48.9 Å². The molecular formula is C20H17ClN2OS. The highest BCUT2D eigenvalue weighted by atomic mass is 35.5. The van der Waals surface area contributed by atoms with E-state index < -0.39 is 0 Å². The lowest BCUT2D eigenvalue weighted by molar-refractivity contribution is 0.132. The van der Waals surface area contributed by atoms with Gasteiger partial charge in [0.15, 0.2) is 0 Å². The predicted octanol–water partition coefficient (Wildman–Crippen LogP) is 5.75.